The smallest absolute Gasteiger partial charge is 0.184 e. The molecule has 0 aliphatic rings. The number of hydrogen-bond donors (Lipinski definition) is 2. The molecule has 4 aromatic rings. The number of ketones is 1. The van der Waals surface area contributed by atoms with Crippen LogP contribution in [0.25, 0.3) is 11.4 Å². The monoisotopic (exact) mass is 500 g/mol. The molecule has 3 heterocycles. The zero-order valence-corrected chi connectivity index (χ0v) is 22.0. The first-order valence-corrected chi connectivity index (χ1v) is 12.0. The Morgan fingerprint density at radius 3 is 2.46 bits per heavy atom. The quantitative estimate of drug-likeness (QED) is 0.291. The summed E-state index contributed by atoms with van der Waals surface area (Å²) in [7, 11) is 7.47. The van der Waals surface area contributed by atoms with Crippen LogP contribution in [-0.2, 0) is 7.05 Å². The average Bonchev–Trinajstić information content (AvgIpc) is 3.34. The van der Waals surface area contributed by atoms with E-state index in [1.54, 1.807) is 30.4 Å². The van der Waals surface area contributed by atoms with Gasteiger partial charge < -0.3 is 20.3 Å². The van der Waals surface area contributed by atoms with Crippen molar-refractivity contribution in [3.05, 3.63) is 66.2 Å². The minimum absolute atomic E-state index is 0.0248. The zero-order chi connectivity index (χ0) is 26.5. The van der Waals surface area contributed by atoms with Crippen molar-refractivity contribution in [2.75, 3.05) is 31.8 Å². The molecule has 1 atom stereocenters. The predicted octanol–water partition coefficient (Wildman–Crippen LogP) is 4.98. The number of nitrogens with one attached hydrogen (secondary N) is 2. The highest BCUT2D eigenvalue weighted by Gasteiger charge is 2.18. The van der Waals surface area contributed by atoms with Gasteiger partial charge in [-0.2, -0.15) is 5.10 Å². The van der Waals surface area contributed by atoms with Crippen LogP contribution >= 0.6 is 0 Å². The van der Waals surface area contributed by atoms with E-state index in [1.165, 1.54) is 0 Å². The number of carbonyl (C=O) groups is 1. The Morgan fingerprint density at radius 2 is 1.84 bits per heavy atom. The summed E-state index contributed by atoms with van der Waals surface area (Å²) in [6.07, 6.45) is 5.42. The molecule has 2 N–H and O–H groups in total. The molecular weight excluding hydrogens is 468 g/mol. The van der Waals surface area contributed by atoms with Crippen molar-refractivity contribution in [3.8, 4) is 17.1 Å². The third kappa shape index (κ3) is 5.75. The van der Waals surface area contributed by atoms with E-state index >= 15 is 0 Å². The Labute approximate surface area is 216 Å². The molecule has 0 bridgehead atoms. The first-order valence-electron chi connectivity index (χ1n) is 12.0. The third-order valence-electron chi connectivity index (χ3n) is 6.15. The van der Waals surface area contributed by atoms with Crippen LogP contribution in [0.4, 0.5) is 23.0 Å². The van der Waals surface area contributed by atoms with Crippen molar-refractivity contribution in [3.63, 3.8) is 0 Å². The molecule has 37 heavy (non-hydrogen) atoms. The van der Waals surface area contributed by atoms with Crippen LogP contribution in [0.1, 0.15) is 42.2 Å². The number of para-hydroxylation sites is 1. The van der Waals surface area contributed by atoms with Crippen LogP contribution in [0, 0.1) is 0 Å². The van der Waals surface area contributed by atoms with E-state index in [4.69, 9.17) is 4.74 Å². The number of nitrogens with zero attached hydrogens (tertiary/aromatic N) is 6. The van der Waals surface area contributed by atoms with E-state index < -0.39 is 0 Å². The number of hydrogen-bond acceptors (Lipinski definition) is 9. The van der Waals surface area contributed by atoms with Crippen molar-refractivity contribution in [1.29, 1.82) is 0 Å². The lowest BCUT2D eigenvalue weighted by molar-refractivity contribution is 0.0988. The predicted molar refractivity (Wildman–Crippen MR) is 145 cm³/mol. The average molecular weight is 501 g/mol. The Bertz CT molecular complexity index is 1380. The molecule has 0 saturated heterocycles. The number of aromatic nitrogens is 5. The van der Waals surface area contributed by atoms with Gasteiger partial charge in [0.2, 0.25) is 0 Å². The molecule has 10 nitrogen and oxygen atoms in total. The van der Waals surface area contributed by atoms with E-state index in [2.05, 4.69) is 42.5 Å². The van der Waals surface area contributed by atoms with Crippen LogP contribution < -0.4 is 15.4 Å². The topological polar surface area (TPSA) is 110 Å². The van der Waals surface area contributed by atoms with Gasteiger partial charge in [0.25, 0.3) is 0 Å². The maximum Gasteiger partial charge on any atom is 0.184 e. The lowest BCUT2D eigenvalue weighted by Gasteiger charge is -2.20. The van der Waals surface area contributed by atoms with E-state index in [1.807, 2.05) is 64.6 Å². The summed E-state index contributed by atoms with van der Waals surface area (Å²) in [6, 6.07) is 11.7. The van der Waals surface area contributed by atoms with Crippen LogP contribution in [0.15, 0.2) is 55.1 Å². The van der Waals surface area contributed by atoms with Gasteiger partial charge in [0.1, 0.15) is 18.0 Å². The molecule has 0 saturated carbocycles. The van der Waals surface area contributed by atoms with Gasteiger partial charge in [-0.25, -0.2) is 15.0 Å². The summed E-state index contributed by atoms with van der Waals surface area (Å²) >= 11 is 0. The summed E-state index contributed by atoms with van der Waals surface area (Å²) in [6.45, 7) is 3.95. The lowest BCUT2D eigenvalue weighted by atomic mass is 10.1. The molecule has 0 unspecified atom stereocenters. The van der Waals surface area contributed by atoms with Crippen LogP contribution in [0.3, 0.4) is 0 Å². The van der Waals surface area contributed by atoms with E-state index in [0.29, 0.717) is 46.6 Å². The van der Waals surface area contributed by atoms with Gasteiger partial charge in [0.15, 0.2) is 17.4 Å². The highest BCUT2D eigenvalue weighted by Crippen LogP contribution is 2.37. The highest BCUT2D eigenvalue weighted by molar-refractivity contribution is 6.02. The second kappa shape index (κ2) is 11.2. The number of carbonyl (C=O) groups excluding carboxylic acids is 1. The molecule has 0 spiro atoms. The van der Waals surface area contributed by atoms with E-state index in [0.717, 1.165) is 11.1 Å². The molecule has 0 aliphatic carbocycles. The van der Waals surface area contributed by atoms with Gasteiger partial charge >= 0.3 is 0 Å². The third-order valence-corrected chi connectivity index (χ3v) is 6.15. The van der Waals surface area contributed by atoms with Gasteiger partial charge in [-0.3, -0.25) is 9.48 Å². The SMILES string of the molecule is CCC(=O)c1cnc(Nc2ccc([C@@H](C)N(C)C)cn2)cc1Nc1cccc(-c2ncn(C)n2)c1OC. The number of methoxy groups -OCH3 is 1. The number of aryl methyl sites for hydroxylation is 1. The second-order valence-corrected chi connectivity index (χ2v) is 8.89. The van der Waals surface area contributed by atoms with Crippen molar-refractivity contribution < 1.29 is 9.53 Å². The van der Waals surface area contributed by atoms with Crippen molar-refractivity contribution in [2.45, 2.75) is 26.3 Å². The first-order chi connectivity index (χ1) is 17.8. The number of benzene rings is 1. The maximum atomic E-state index is 12.7. The Balaban J connectivity index is 1.66. The van der Waals surface area contributed by atoms with Crippen molar-refractivity contribution in [1.82, 2.24) is 29.6 Å². The Morgan fingerprint density at radius 1 is 1.05 bits per heavy atom. The highest BCUT2D eigenvalue weighted by atomic mass is 16.5. The van der Waals surface area contributed by atoms with Crippen LogP contribution in [-0.4, -0.2) is 56.6 Å². The van der Waals surface area contributed by atoms with Crippen molar-refractivity contribution >= 4 is 28.8 Å². The number of Topliss-reactive ketones (excluding diaryl/α,β-unsaturated/α-hetero) is 1. The summed E-state index contributed by atoms with van der Waals surface area (Å²) in [5.41, 5.74) is 3.62. The van der Waals surface area contributed by atoms with Gasteiger partial charge in [-0.15, -0.1) is 0 Å². The first kappa shape index (κ1) is 25.8. The molecule has 1 aromatic carbocycles. The van der Waals surface area contributed by atoms with Crippen LogP contribution in [0.5, 0.6) is 5.75 Å². The van der Waals surface area contributed by atoms with Gasteiger partial charge in [0, 0.05) is 38.0 Å². The molecule has 192 valence electrons. The van der Waals surface area contributed by atoms with Gasteiger partial charge in [-0.1, -0.05) is 19.1 Å². The van der Waals surface area contributed by atoms with Gasteiger partial charge in [0.05, 0.1) is 29.6 Å². The Kier molecular flexibility index (Phi) is 7.78. The lowest BCUT2D eigenvalue weighted by Crippen LogP contribution is -2.16. The fraction of sp³-hybridized carbons (Fsp3) is 0.296. The molecular formula is C27H32N8O2. The molecule has 0 aliphatic heterocycles. The molecule has 3 aromatic heterocycles. The fourth-order valence-corrected chi connectivity index (χ4v) is 3.83. The molecule has 4 rings (SSSR count). The number of pyridine rings is 2. The number of ether oxygens (including phenoxy) is 1. The van der Waals surface area contributed by atoms with Gasteiger partial charge in [-0.05, 0) is 44.8 Å². The van der Waals surface area contributed by atoms with E-state index in [-0.39, 0.29) is 11.8 Å². The fourth-order valence-electron chi connectivity index (χ4n) is 3.83. The number of anilines is 4. The summed E-state index contributed by atoms with van der Waals surface area (Å²) in [5.74, 6) is 2.30. The largest absolute Gasteiger partial charge is 0.494 e. The van der Waals surface area contributed by atoms with Crippen LogP contribution in [0.2, 0.25) is 0 Å². The second-order valence-electron chi connectivity index (χ2n) is 8.89. The minimum Gasteiger partial charge on any atom is -0.494 e. The standard InChI is InChI=1S/C27H32N8O2/c1-7-23(36)20-15-29-25(32-24-12-11-18(14-28-24)17(2)34(3)4)13-22(20)31-21-10-8-9-19(26(21)37-6)27-30-16-35(5)33-27/h8-17H,7H2,1-6H3,(H2,28,29,31,32)/t17-/m1/s1. The summed E-state index contributed by atoms with van der Waals surface area (Å²) in [5, 5.41) is 11.0. The Hall–Kier alpha value is -4.31. The molecule has 0 radical (unpaired) electrons. The molecule has 0 fully saturated rings. The normalized spacial score (nSPS) is 11.9. The summed E-state index contributed by atoms with van der Waals surface area (Å²) in [4.78, 5) is 28.2. The summed E-state index contributed by atoms with van der Waals surface area (Å²) < 4.78 is 7.37. The molecule has 10 heteroatoms. The zero-order valence-electron chi connectivity index (χ0n) is 22.0. The minimum atomic E-state index is -0.0248. The molecule has 0 amide bonds. The number of rotatable bonds is 10. The van der Waals surface area contributed by atoms with E-state index in [9.17, 15) is 4.79 Å². The van der Waals surface area contributed by atoms with Crippen molar-refractivity contribution in [2.24, 2.45) is 7.05 Å². The maximum absolute atomic E-state index is 12.7.